The van der Waals surface area contributed by atoms with Crippen molar-refractivity contribution < 1.29 is 18.0 Å². The maximum absolute atomic E-state index is 12.9. The largest absolute Gasteiger partial charge is 0.347 e. The Bertz CT molecular complexity index is 1270. The van der Waals surface area contributed by atoms with Crippen LogP contribution in [-0.2, 0) is 21.4 Å². The van der Waals surface area contributed by atoms with Gasteiger partial charge in [0, 0.05) is 24.8 Å². The Hall–Kier alpha value is -3.44. The van der Waals surface area contributed by atoms with Crippen LogP contribution in [0.3, 0.4) is 0 Å². The van der Waals surface area contributed by atoms with Crippen molar-refractivity contribution in [2.45, 2.75) is 18.4 Å². The molecule has 2 N–H and O–H groups in total. The first kappa shape index (κ1) is 23.2. The SMILES string of the molecule is Cc1ccc(NC(=O)c2cn(CC(=O)N(C)C)nn2)cc1S(=O)(=O)Nc1cccc(Cl)c1. The molecule has 10 nitrogen and oxygen atoms in total. The first-order valence-electron chi connectivity index (χ1n) is 9.36. The van der Waals surface area contributed by atoms with Gasteiger partial charge in [-0.15, -0.1) is 5.10 Å². The summed E-state index contributed by atoms with van der Waals surface area (Å²) in [6, 6.07) is 10.8. The molecule has 0 bridgehead atoms. The maximum Gasteiger partial charge on any atom is 0.277 e. The molecule has 2 aromatic carbocycles. The molecule has 0 aliphatic heterocycles. The molecule has 1 heterocycles. The van der Waals surface area contributed by atoms with E-state index in [4.69, 9.17) is 11.6 Å². The molecule has 3 rings (SSSR count). The molecule has 0 atom stereocenters. The highest BCUT2D eigenvalue weighted by Crippen LogP contribution is 2.24. The Kier molecular flexibility index (Phi) is 6.80. The Morgan fingerprint density at radius 3 is 2.56 bits per heavy atom. The van der Waals surface area contributed by atoms with Gasteiger partial charge in [-0.3, -0.25) is 14.3 Å². The van der Waals surface area contributed by atoms with Gasteiger partial charge < -0.3 is 10.2 Å². The van der Waals surface area contributed by atoms with E-state index >= 15 is 0 Å². The Morgan fingerprint density at radius 1 is 1.12 bits per heavy atom. The molecular weight excluding hydrogens is 456 g/mol. The van der Waals surface area contributed by atoms with Crippen molar-refractivity contribution in [3.63, 3.8) is 0 Å². The summed E-state index contributed by atoms with van der Waals surface area (Å²) in [7, 11) is -0.719. The minimum Gasteiger partial charge on any atom is -0.347 e. The predicted molar refractivity (Wildman–Crippen MR) is 120 cm³/mol. The number of halogens is 1. The number of hydrogen-bond donors (Lipinski definition) is 2. The summed E-state index contributed by atoms with van der Waals surface area (Å²) in [6.07, 6.45) is 1.34. The number of likely N-dealkylation sites (N-methyl/N-ethyl adjacent to an activating group) is 1. The van der Waals surface area contributed by atoms with Gasteiger partial charge >= 0.3 is 0 Å². The van der Waals surface area contributed by atoms with Crippen LogP contribution in [0.15, 0.2) is 53.6 Å². The van der Waals surface area contributed by atoms with Gasteiger partial charge in [0.2, 0.25) is 5.91 Å². The van der Waals surface area contributed by atoms with Crippen molar-refractivity contribution in [1.29, 1.82) is 0 Å². The molecule has 0 saturated heterocycles. The van der Waals surface area contributed by atoms with E-state index in [0.717, 1.165) is 0 Å². The molecule has 0 radical (unpaired) electrons. The second-order valence-corrected chi connectivity index (χ2v) is 9.23. The lowest BCUT2D eigenvalue weighted by molar-refractivity contribution is -0.129. The van der Waals surface area contributed by atoms with Crippen molar-refractivity contribution in [2.75, 3.05) is 24.1 Å². The van der Waals surface area contributed by atoms with E-state index in [-0.39, 0.29) is 28.7 Å². The molecule has 0 saturated carbocycles. The van der Waals surface area contributed by atoms with E-state index in [2.05, 4.69) is 20.4 Å². The van der Waals surface area contributed by atoms with Crippen LogP contribution in [0.4, 0.5) is 11.4 Å². The van der Waals surface area contributed by atoms with Gasteiger partial charge in [0.1, 0.15) is 6.54 Å². The third-order valence-corrected chi connectivity index (χ3v) is 6.14. The third-order valence-electron chi connectivity index (χ3n) is 4.38. The van der Waals surface area contributed by atoms with Gasteiger partial charge in [0.25, 0.3) is 15.9 Å². The molecule has 2 amide bonds. The smallest absolute Gasteiger partial charge is 0.277 e. The molecule has 0 fully saturated rings. The number of rotatable bonds is 7. The number of carbonyl (C=O) groups is 2. The quantitative estimate of drug-likeness (QED) is 0.539. The highest BCUT2D eigenvalue weighted by Gasteiger charge is 2.19. The van der Waals surface area contributed by atoms with Gasteiger partial charge in [-0.1, -0.05) is 28.9 Å². The number of aromatic nitrogens is 3. The maximum atomic E-state index is 12.9. The van der Waals surface area contributed by atoms with Gasteiger partial charge in [0.15, 0.2) is 5.69 Å². The second-order valence-electron chi connectivity index (χ2n) is 7.14. The summed E-state index contributed by atoms with van der Waals surface area (Å²) in [5.41, 5.74) is 1.05. The van der Waals surface area contributed by atoms with E-state index in [9.17, 15) is 18.0 Å². The number of nitrogens with one attached hydrogen (secondary N) is 2. The molecule has 168 valence electrons. The van der Waals surface area contributed by atoms with Crippen LogP contribution in [0.25, 0.3) is 0 Å². The van der Waals surface area contributed by atoms with Crippen molar-refractivity contribution in [3.05, 3.63) is 64.9 Å². The summed E-state index contributed by atoms with van der Waals surface area (Å²) in [5, 5.41) is 10.5. The molecule has 0 aliphatic carbocycles. The minimum absolute atomic E-state index is 0.00416. The van der Waals surface area contributed by atoms with Crippen LogP contribution in [-0.4, -0.2) is 54.2 Å². The zero-order valence-electron chi connectivity index (χ0n) is 17.5. The average Bonchev–Trinajstić information content (AvgIpc) is 3.17. The highest BCUT2D eigenvalue weighted by atomic mass is 35.5. The average molecular weight is 477 g/mol. The van der Waals surface area contributed by atoms with Crippen molar-refractivity contribution in [1.82, 2.24) is 19.9 Å². The summed E-state index contributed by atoms with van der Waals surface area (Å²) in [5.74, 6) is -0.800. The fourth-order valence-electron chi connectivity index (χ4n) is 2.68. The van der Waals surface area contributed by atoms with Crippen LogP contribution in [0.5, 0.6) is 0 Å². The first-order valence-corrected chi connectivity index (χ1v) is 11.2. The Morgan fingerprint density at radius 2 is 1.88 bits per heavy atom. The van der Waals surface area contributed by atoms with Gasteiger partial charge in [-0.2, -0.15) is 0 Å². The minimum atomic E-state index is -3.94. The van der Waals surface area contributed by atoms with Crippen LogP contribution in [0, 0.1) is 6.92 Å². The Labute approximate surface area is 190 Å². The van der Waals surface area contributed by atoms with Gasteiger partial charge in [0.05, 0.1) is 16.8 Å². The van der Waals surface area contributed by atoms with Crippen LogP contribution in [0.1, 0.15) is 16.1 Å². The Balaban J connectivity index is 1.78. The van der Waals surface area contributed by atoms with E-state index in [1.165, 1.54) is 27.9 Å². The number of aryl methyl sites for hydroxylation is 1. The molecule has 32 heavy (non-hydrogen) atoms. The molecule has 0 aliphatic rings. The second kappa shape index (κ2) is 9.37. The lowest BCUT2D eigenvalue weighted by atomic mass is 10.2. The third kappa shape index (κ3) is 5.62. The van der Waals surface area contributed by atoms with Crippen molar-refractivity contribution in [2.24, 2.45) is 0 Å². The molecule has 12 heteroatoms. The van der Waals surface area contributed by atoms with E-state index in [0.29, 0.717) is 16.3 Å². The first-order chi connectivity index (χ1) is 15.0. The fourth-order valence-corrected chi connectivity index (χ4v) is 4.20. The number of hydrogen-bond acceptors (Lipinski definition) is 6. The number of benzene rings is 2. The lowest BCUT2D eigenvalue weighted by Gasteiger charge is -2.12. The number of amides is 2. The standard InChI is InChI=1S/C20H21ClN6O4S/c1-13-7-8-15(10-18(13)32(30,31)24-16-6-4-5-14(21)9-16)22-20(29)17-11-27(25-23-17)12-19(28)26(2)3/h4-11,24H,12H2,1-3H3,(H,22,29). The van der Waals surface area contributed by atoms with E-state index < -0.39 is 15.9 Å². The van der Waals surface area contributed by atoms with Crippen LogP contribution in [0.2, 0.25) is 5.02 Å². The summed E-state index contributed by atoms with van der Waals surface area (Å²) >= 11 is 5.92. The summed E-state index contributed by atoms with van der Waals surface area (Å²) in [6.45, 7) is 1.58. The van der Waals surface area contributed by atoms with Crippen LogP contribution >= 0.6 is 11.6 Å². The zero-order valence-corrected chi connectivity index (χ0v) is 19.1. The molecular formula is C20H21ClN6O4S. The van der Waals surface area contributed by atoms with Crippen molar-refractivity contribution >= 4 is 44.8 Å². The number of carbonyl (C=O) groups excluding carboxylic acids is 2. The topological polar surface area (TPSA) is 126 Å². The number of anilines is 2. The van der Waals surface area contributed by atoms with E-state index in [1.807, 2.05) is 0 Å². The highest BCUT2D eigenvalue weighted by molar-refractivity contribution is 7.92. The zero-order chi connectivity index (χ0) is 23.5. The normalized spacial score (nSPS) is 11.1. The lowest BCUT2D eigenvalue weighted by Crippen LogP contribution is -2.26. The summed E-state index contributed by atoms with van der Waals surface area (Å²) < 4.78 is 29.5. The molecule has 0 unspecified atom stereocenters. The number of nitrogens with zero attached hydrogens (tertiary/aromatic N) is 4. The molecule has 1 aromatic heterocycles. The van der Waals surface area contributed by atoms with Crippen LogP contribution < -0.4 is 10.0 Å². The summed E-state index contributed by atoms with van der Waals surface area (Å²) in [4.78, 5) is 25.7. The number of sulfonamides is 1. The van der Waals surface area contributed by atoms with Gasteiger partial charge in [-0.05, 0) is 42.8 Å². The molecule has 0 spiro atoms. The van der Waals surface area contributed by atoms with Gasteiger partial charge in [-0.25, -0.2) is 13.1 Å². The molecule has 3 aromatic rings. The predicted octanol–water partition coefficient (Wildman–Crippen LogP) is 2.38. The fraction of sp³-hybridized carbons (Fsp3) is 0.200. The van der Waals surface area contributed by atoms with Crippen molar-refractivity contribution in [3.8, 4) is 0 Å². The monoisotopic (exact) mass is 476 g/mol. The van der Waals surface area contributed by atoms with E-state index in [1.54, 1.807) is 51.4 Å².